The van der Waals surface area contributed by atoms with E-state index in [4.69, 9.17) is 0 Å². The SMILES string of the molecule is CC(F)(F)C(=O)CP.COC(=O)c1ccccc1C(=O)OC. The normalized spacial score (nSPS) is 10.1. The molecular formula is C14H17F2O5P. The van der Waals surface area contributed by atoms with Crippen LogP contribution in [0.4, 0.5) is 8.78 Å². The number of halogens is 2. The molecule has 122 valence electrons. The number of esters is 2. The van der Waals surface area contributed by atoms with E-state index < -0.39 is 23.6 Å². The minimum atomic E-state index is -3.15. The molecule has 0 bridgehead atoms. The summed E-state index contributed by atoms with van der Waals surface area (Å²) in [5, 5.41) is 0. The van der Waals surface area contributed by atoms with Gasteiger partial charge >= 0.3 is 17.9 Å². The van der Waals surface area contributed by atoms with Gasteiger partial charge in [0.05, 0.1) is 25.3 Å². The minimum Gasteiger partial charge on any atom is -0.465 e. The van der Waals surface area contributed by atoms with Crippen molar-refractivity contribution in [3.8, 4) is 0 Å². The van der Waals surface area contributed by atoms with Crippen LogP contribution in [-0.2, 0) is 14.3 Å². The van der Waals surface area contributed by atoms with E-state index >= 15 is 0 Å². The third-order valence-corrected chi connectivity index (χ3v) is 2.78. The Morgan fingerprint density at radius 1 is 1.05 bits per heavy atom. The Morgan fingerprint density at radius 2 is 1.41 bits per heavy atom. The number of ether oxygens (including phenoxy) is 2. The highest BCUT2D eigenvalue weighted by Crippen LogP contribution is 2.13. The van der Waals surface area contributed by atoms with E-state index in [1.54, 1.807) is 12.1 Å². The van der Waals surface area contributed by atoms with Crippen molar-refractivity contribution < 1.29 is 32.6 Å². The number of alkyl halides is 2. The molecule has 0 saturated heterocycles. The second-order valence-electron chi connectivity index (χ2n) is 4.04. The molecule has 0 aliphatic heterocycles. The highest BCUT2D eigenvalue weighted by atomic mass is 31.0. The quantitative estimate of drug-likeness (QED) is 0.624. The molecule has 0 saturated carbocycles. The zero-order chi connectivity index (χ0) is 17.3. The summed E-state index contributed by atoms with van der Waals surface area (Å²) in [6.45, 7) is 0.597. The number of methoxy groups -OCH3 is 2. The van der Waals surface area contributed by atoms with Gasteiger partial charge < -0.3 is 9.47 Å². The molecule has 22 heavy (non-hydrogen) atoms. The third-order valence-electron chi connectivity index (χ3n) is 2.41. The van der Waals surface area contributed by atoms with E-state index in [1.807, 2.05) is 9.24 Å². The smallest absolute Gasteiger partial charge is 0.338 e. The Balaban J connectivity index is 0.000000472. The van der Waals surface area contributed by atoms with Gasteiger partial charge in [0, 0.05) is 13.1 Å². The molecule has 5 nitrogen and oxygen atoms in total. The maximum atomic E-state index is 11.8. The third kappa shape index (κ3) is 6.26. The molecule has 1 atom stereocenters. The van der Waals surface area contributed by atoms with E-state index in [1.165, 1.54) is 26.4 Å². The Kier molecular flexibility index (Phi) is 8.42. The lowest BCUT2D eigenvalue weighted by Crippen LogP contribution is -2.24. The fraction of sp³-hybridized carbons (Fsp3) is 0.357. The average molecular weight is 334 g/mol. The first-order valence-corrected chi connectivity index (χ1v) is 6.87. The van der Waals surface area contributed by atoms with Gasteiger partial charge in [0.1, 0.15) is 0 Å². The topological polar surface area (TPSA) is 69.7 Å². The lowest BCUT2D eigenvalue weighted by Gasteiger charge is -2.04. The summed E-state index contributed by atoms with van der Waals surface area (Å²) in [4.78, 5) is 32.5. The van der Waals surface area contributed by atoms with Crippen LogP contribution in [0.25, 0.3) is 0 Å². The van der Waals surface area contributed by atoms with E-state index in [9.17, 15) is 23.2 Å². The van der Waals surface area contributed by atoms with Gasteiger partial charge in [-0.2, -0.15) is 8.78 Å². The van der Waals surface area contributed by atoms with Crippen molar-refractivity contribution in [3.63, 3.8) is 0 Å². The molecule has 1 aromatic rings. The largest absolute Gasteiger partial charge is 0.465 e. The molecule has 0 amide bonds. The minimum absolute atomic E-state index is 0.177. The van der Waals surface area contributed by atoms with Gasteiger partial charge in [-0.05, 0) is 12.1 Å². The lowest BCUT2D eigenvalue weighted by atomic mass is 10.1. The first-order chi connectivity index (χ1) is 10.2. The summed E-state index contributed by atoms with van der Waals surface area (Å²) in [6.07, 6.45) is -0.177. The van der Waals surface area contributed by atoms with Crippen molar-refractivity contribution in [1.82, 2.24) is 0 Å². The van der Waals surface area contributed by atoms with Crippen LogP contribution in [0.1, 0.15) is 27.6 Å². The molecule has 0 fully saturated rings. The standard InChI is InChI=1S/C10H10O4.C4H7F2OP/c1-13-9(11)7-5-3-4-6-8(7)10(12)14-2;1-4(5,6)3(7)2-8/h3-6H,1-2H3;2,8H2,1H3. The number of benzene rings is 1. The molecule has 0 spiro atoms. The van der Waals surface area contributed by atoms with Crippen molar-refractivity contribution in [3.05, 3.63) is 35.4 Å². The zero-order valence-electron chi connectivity index (χ0n) is 12.4. The van der Waals surface area contributed by atoms with Crippen LogP contribution in [0.5, 0.6) is 0 Å². The number of Topliss-reactive ketones (excluding diaryl/α,β-unsaturated/α-hetero) is 1. The van der Waals surface area contributed by atoms with E-state index in [2.05, 4.69) is 9.47 Å². The molecule has 1 rings (SSSR count). The lowest BCUT2D eigenvalue weighted by molar-refractivity contribution is -0.137. The molecule has 0 aliphatic rings. The monoisotopic (exact) mass is 334 g/mol. The number of hydrogen-bond acceptors (Lipinski definition) is 5. The molecule has 0 aromatic heterocycles. The fourth-order valence-electron chi connectivity index (χ4n) is 1.24. The Morgan fingerprint density at radius 3 is 1.59 bits per heavy atom. The molecule has 1 unspecified atom stereocenters. The maximum absolute atomic E-state index is 11.8. The summed E-state index contributed by atoms with van der Waals surface area (Å²) in [5.74, 6) is -5.29. The van der Waals surface area contributed by atoms with E-state index in [0.29, 0.717) is 6.92 Å². The van der Waals surface area contributed by atoms with Crippen molar-refractivity contribution in [2.24, 2.45) is 0 Å². The number of carbonyl (C=O) groups is 3. The number of ketones is 1. The van der Waals surface area contributed by atoms with E-state index in [0.717, 1.165) is 0 Å². The number of hydrogen-bond donors (Lipinski definition) is 0. The van der Waals surface area contributed by atoms with Crippen LogP contribution in [0.3, 0.4) is 0 Å². The first-order valence-electron chi connectivity index (χ1n) is 6.05. The van der Waals surface area contributed by atoms with Crippen LogP contribution in [-0.4, -0.2) is 44.0 Å². The maximum Gasteiger partial charge on any atom is 0.338 e. The van der Waals surface area contributed by atoms with Crippen molar-refractivity contribution in [1.29, 1.82) is 0 Å². The molecular weight excluding hydrogens is 317 g/mol. The Bertz CT molecular complexity index is 505. The second kappa shape index (κ2) is 9.20. The van der Waals surface area contributed by atoms with Gasteiger partial charge in [0.2, 0.25) is 5.78 Å². The summed E-state index contributed by atoms with van der Waals surface area (Å²) in [5.41, 5.74) is 0.420. The molecule has 8 heteroatoms. The Labute approximate surface area is 129 Å². The summed E-state index contributed by atoms with van der Waals surface area (Å²) < 4.78 is 32.6. The van der Waals surface area contributed by atoms with Gasteiger partial charge in [-0.15, -0.1) is 9.24 Å². The van der Waals surface area contributed by atoms with Gasteiger partial charge in [0.15, 0.2) is 0 Å². The van der Waals surface area contributed by atoms with E-state index in [-0.39, 0.29) is 17.3 Å². The van der Waals surface area contributed by atoms with Crippen molar-refractivity contribution >= 4 is 27.0 Å². The van der Waals surface area contributed by atoms with Crippen LogP contribution in [0, 0.1) is 0 Å². The second-order valence-corrected chi connectivity index (χ2v) is 4.45. The molecule has 0 N–H and O–H groups in total. The van der Waals surface area contributed by atoms with Crippen LogP contribution < -0.4 is 0 Å². The van der Waals surface area contributed by atoms with Gasteiger partial charge in [-0.25, -0.2) is 9.59 Å². The zero-order valence-corrected chi connectivity index (χ0v) is 13.5. The van der Waals surface area contributed by atoms with Crippen LogP contribution in [0.15, 0.2) is 24.3 Å². The van der Waals surface area contributed by atoms with Crippen molar-refractivity contribution in [2.75, 3.05) is 20.4 Å². The summed E-state index contributed by atoms with van der Waals surface area (Å²) >= 11 is 0. The van der Waals surface area contributed by atoms with Gasteiger partial charge in [-0.3, -0.25) is 4.79 Å². The average Bonchev–Trinajstić information content (AvgIpc) is 2.52. The van der Waals surface area contributed by atoms with Crippen molar-refractivity contribution in [2.45, 2.75) is 12.8 Å². The molecule has 1 aromatic carbocycles. The summed E-state index contributed by atoms with van der Waals surface area (Å²) in [7, 11) is 4.47. The van der Waals surface area contributed by atoms with Gasteiger partial charge in [-0.1, -0.05) is 12.1 Å². The highest BCUT2D eigenvalue weighted by molar-refractivity contribution is 7.18. The summed E-state index contributed by atoms with van der Waals surface area (Å²) in [6, 6.07) is 6.33. The molecule has 0 radical (unpaired) electrons. The van der Waals surface area contributed by atoms with Crippen LogP contribution >= 0.6 is 9.24 Å². The Hall–Kier alpha value is -1.88. The highest BCUT2D eigenvalue weighted by Gasteiger charge is 2.29. The fourth-order valence-corrected chi connectivity index (χ4v) is 1.60. The predicted octanol–water partition coefficient (Wildman–Crippen LogP) is 2.35. The van der Waals surface area contributed by atoms with Gasteiger partial charge in [0.25, 0.3) is 0 Å². The molecule has 0 heterocycles. The number of carbonyl (C=O) groups excluding carboxylic acids is 3. The number of rotatable bonds is 4. The predicted molar refractivity (Wildman–Crippen MR) is 79.3 cm³/mol. The molecule has 0 aliphatic carbocycles. The van der Waals surface area contributed by atoms with Crippen LogP contribution in [0.2, 0.25) is 0 Å². The first kappa shape index (κ1) is 20.1.